The van der Waals surface area contributed by atoms with Crippen LogP contribution in [-0.4, -0.2) is 41.8 Å². The first-order valence-corrected chi connectivity index (χ1v) is 9.98. The fourth-order valence-corrected chi connectivity index (χ4v) is 4.26. The van der Waals surface area contributed by atoms with Gasteiger partial charge >= 0.3 is 0 Å². The highest BCUT2D eigenvalue weighted by molar-refractivity contribution is 6.30. The Morgan fingerprint density at radius 3 is 2.61 bits per heavy atom. The van der Waals surface area contributed by atoms with E-state index in [4.69, 9.17) is 22.1 Å². The van der Waals surface area contributed by atoms with E-state index >= 15 is 0 Å². The normalized spacial score (nSPS) is 25.3. The Balaban J connectivity index is 1.64. The van der Waals surface area contributed by atoms with Crippen molar-refractivity contribution in [3.05, 3.63) is 29.3 Å². The topological polar surface area (TPSA) is 72.6 Å². The summed E-state index contributed by atoms with van der Waals surface area (Å²) in [6, 6.07) is 7.00. The number of ether oxygens (including phenoxy) is 1. The van der Waals surface area contributed by atoms with Crippen LogP contribution in [0.25, 0.3) is 0 Å². The Labute approximate surface area is 168 Å². The molecule has 2 aliphatic rings. The number of piperidine rings is 1. The van der Waals surface area contributed by atoms with Gasteiger partial charge in [-0.3, -0.25) is 9.59 Å². The number of hydrogen-bond donors (Lipinski definition) is 1. The quantitative estimate of drug-likeness (QED) is 0.799. The minimum atomic E-state index is -2.66. The number of amides is 2. The molecule has 0 bridgehead atoms. The van der Waals surface area contributed by atoms with Crippen LogP contribution in [0.5, 0.6) is 5.75 Å². The van der Waals surface area contributed by atoms with Crippen LogP contribution >= 0.6 is 11.6 Å². The highest BCUT2D eigenvalue weighted by atomic mass is 35.5. The summed E-state index contributed by atoms with van der Waals surface area (Å²) in [7, 11) is 0. The number of likely N-dealkylation sites (tertiary alicyclic amines) is 1. The molecule has 1 aliphatic carbocycles. The Bertz CT molecular complexity index is 721. The highest BCUT2D eigenvalue weighted by Gasteiger charge is 2.41. The molecule has 5 nitrogen and oxygen atoms in total. The molecule has 1 aromatic rings. The van der Waals surface area contributed by atoms with Crippen LogP contribution in [0.2, 0.25) is 5.02 Å². The number of benzene rings is 1. The maximum absolute atomic E-state index is 13.4. The summed E-state index contributed by atoms with van der Waals surface area (Å²) in [5.41, 5.74) is 5.39. The van der Waals surface area contributed by atoms with Crippen molar-refractivity contribution in [3.63, 3.8) is 0 Å². The van der Waals surface area contributed by atoms with Crippen LogP contribution in [0.4, 0.5) is 8.78 Å². The summed E-state index contributed by atoms with van der Waals surface area (Å²) in [6.07, 6.45) is 0.267. The van der Waals surface area contributed by atoms with Gasteiger partial charge in [-0.25, -0.2) is 8.78 Å². The van der Waals surface area contributed by atoms with Gasteiger partial charge in [0, 0.05) is 55.6 Å². The molecule has 2 amide bonds. The van der Waals surface area contributed by atoms with Gasteiger partial charge in [-0.1, -0.05) is 17.7 Å². The van der Waals surface area contributed by atoms with E-state index in [9.17, 15) is 18.4 Å². The molecule has 3 rings (SSSR count). The number of primary amides is 1. The second kappa shape index (κ2) is 8.64. The van der Waals surface area contributed by atoms with Crippen molar-refractivity contribution in [1.29, 1.82) is 0 Å². The molecular weight excluding hydrogens is 390 g/mol. The third-order valence-electron chi connectivity index (χ3n) is 5.59. The number of carbonyl (C=O) groups excluding carboxylic acids is 2. The molecule has 2 N–H and O–H groups in total. The number of hydrogen-bond acceptors (Lipinski definition) is 3. The number of rotatable bonds is 5. The number of carbonyl (C=O) groups is 2. The summed E-state index contributed by atoms with van der Waals surface area (Å²) in [6.45, 7) is 0.798. The minimum Gasteiger partial charge on any atom is -0.490 e. The fraction of sp³-hybridized carbons (Fsp3) is 0.600. The van der Waals surface area contributed by atoms with E-state index in [-0.39, 0.29) is 56.0 Å². The Kier molecular flexibility index (Phi) is 6.43. The van der Waals surface area contributed by atoms with Crippen LogP contribution in [0.3, 0.4) is 0 Å². The van der Waals surface area contributed by atoms with Gasteiger partial charge in [0.25, 0.3) is 0 Å². The summed E-state index contributed by atoms with van der Waals surface area (Å²) in [5.74, 6) is -3.26. The van der Waals surface area contributed by atoms with E-state index in [1.807, 2.05) is 0 Å². The first kappa shape index (κ1) is 20.8. The van der Waals surface area contributed by atoms with E-state index in [1.165, 1.54) is 0 Å². The van der Waals surface area contributed by atoms with Crippen LogP contribution in [0, 0.1) is 11.8 Å². The molecule has 2 fully saturated rings. The van der Waals surface area contributed by atoms with Crippen molar-refractivity contribution in [3.8, 4) is 5.75 Å². The molecule has 1 saturated carbocycles. The first-order chi connectivity index (χ1) is 13.2. The molecule has 1 aliphatic heterocycles. The number of alkyl halides is 2. The molecule has 154 valence electrons. The summed E-state index contributed by atoms with van der Waals surface area (Å²) in [5, 5.41) is 0.547. The number of nitrogens with two attached hydrogens (primary N) is 1. The van der Waals surface area contributed by atoms with Crippen molar-refractivity contribution in [2.24, 2.45) is 17.6 Å². The third-order valence-corrected chi connectivity index (χ3v) is 5.82. The van der Waals surface area contributed by atoms with Crippen LogP contribution in [0.15, 0.2) is 24.3 Å². The largest absolute Gasteiger partial charge is 0.490 e. The van der Waals surface area contributed by atoms with Crippen LogP contribution in [-0.2, 0) is 9.59 Å². The smallest absolute Gasteiger partial charge is 0.248 e. The van der Waals surface area contributed by atoms with Crippen molar-refractivity contribution >= 4 is 23.4 Å². The monoisotopic (exact) mass is 414 g/mol. The Morgan fingerprint density at radius 2 is 1.96 bits per heavy atom. The molecule has 28 heavy (non-hydrogen) atoms. The zero-order valence-corrected chi connectivity index (χ0v) is 16.3. The van der Waals surface area contributed by atoms with Crippen molar-refractivity contribution in [2.45, 2.75) is 50.6 Å². The fourth-order valence-electron chi connectivity index (χ4n) is 4.08. The number of halogens is 3. The van der Waals surface area contributed by atoms with Crippen LogP contribution in [0.1, 0.15) is 38.5 Å². The lowest BCUT2D eigenvalue weighted by molar-refractivity contribution is -0.144. The summed E-state index contributed by atoms with van der Waals surface area (Å²) >= 11 is 5.99. The molecule has 1 aromatic carbocycles. The average molecular weight is 415 g/mol. The molecule has 0 unspecified atom stereocenters. The SMILES string of the molecule is NC(=O)C[C@H]1CN(C(=O)C2CCC(F)(F)CC2)CC[C@@H]1Oc1cccc(Cl)c1. The lowest BCUT2D eigenvalue weighted by atomic mass is 9.84. The molecule has 1 saturated heterocycles. The van der Waals surface area contributed by atoms with Gasteiger partial charge in [-0.05, 0) is 31.0 Å². The zero-order chi connectivity index (χ0) is 20.3. The van der Waals surface area contributed by atoms with Gasteiger partial charge in [0.1, 0.15) is 11.9 Å². The molecule has 2 atom stereocenters. The summed E-state index contributed by atoms with van der Waals surface area (Å²) < 4.78 is 32.8. The molecule has 0 spiro atoms. The lowest BCUT2D eigenvalue weighted by Gasteiger charge is -2.40. The Hall–Kier alpha value is -1.89. The highest BCUT2D eigenvalue weighted by Crippen LogP contribution is 2.37. The molecular formula is C20H25ClF2N2O3. The molecule has 0 aromatic heterocycles. The average Bonchev–Trinajstić information content (AvgIpc) is 2.62. The standard InChI is InChI=1S/C20H25ClF2N2O3/c21-15-2-1-3-16(11-15)28-17-6-9-25(12-14(17)10-18(24)26)19(27)13-4-7-20(22,23)8-5-13/h1-3,11,13-14,17H,4-10,12H2,(H2,24,26)/t14-,17-/m0/s1. The van der Waals surface area contributed by atoms with Gasteiger partial charge in [0.2, 0.25) is 17.7 Å². The molecule has 1 heterocycles. The van der Waals surface area contributed by atoms with Gasteiger partial charge in [0.05, 0.1) is 0 Å². The van der Waals surface area contributed by atoms with Gasteiger partial charge in [-0.15, -0.1) is 0 Å². The maximum atomic E-state index is 13.4. The molecule has 8 heteroatoms. The van der Waals surface area contributed by atoms with Gasteiger partial charge in [0.15, 0.2) is 0 Å². The Morgan fingerprint density at radius 1 is 1.25 bits per heavy atom. The maximum Gasteiger partial charge on any atom is 0.248 e. The van der Waals surface area contributed by atoms with Crippen molar-refractivity contribution in [1.82, 2.24) is 4.90 Å². The van der Waals surface area contributed by atoms with Crippen molar-refractivity contribution < 1.29 is 23.1 Å². The lowest BCUT2D eigenvalue weighted by Crippen LogP contribution is -2.51. The van der Waals surface area contributed by atoms with Crippen LogP contribution < -0.4 is 10.5 Å². The van der Waals surface area contributed by atoms with Crippen molar-refractivity contribution in [2.75, 3.05) is 13.1 Å². The summed E-state index contributed by atoms with van der Waals surface area (Å²) in [4.78, 5) is 26.0. The minimum absolute atomic E-state index is 0.0950. The van der Waals surface area contributed by atoms with Gasteiger partial charge in [-0.2, -0.15) is 0 Å². The first-order valence-electron chi connectivity index (χ1n) is 9.61. The van der Waals surface area contributed by atoms with E-state index < -0.39 is 11.8 Å². The van der Waals surface area contributed by atoms with Gasteiger partial charge < -0.3 is 15.4 Å². The van der Waals surface area contributed by atoms with E-state index in [2.05, 4.69) is 0 Å². The number of nitrogens with zero attached hydrogens (tertiary/aromatic N) is 1. The molecule has 0 radical (unpaired) electrons. The zero-order valence-electron chi connectivity index (χ0n) is 15.6. The third kappa shape index (κ3) is 5.34. The second-order valence-corrected chi connectivity index (χ2v) is 8.18. The van der Waals surface area contributed by atoms with E-state index in [0.29, 0.717) is 30.3 Å². The predicted molar refractivity (Wildman–Crippen MR) is 101 cm³/mol. The predicted octanol–water partition coefficient (Wildman–Crippen LogP) is 3.64. The van der Waals surface area contributed by atoms with E-state index in [1.54, 1.807) is 29.2 Å². The van der Waals surface area contributed by atoms with E-state index in [0.717, 1.165) is 0 Å². The second-order valence-electron chi connectivity index (χ2n) is 7.75.